The number of ether oxygens (including phenoxy) is 1. The molecule has 128 valence electrons. The monoisotopic (exact) mass is 337 g/mol. The summed E-state index contributed by atoms with van der Waals surface area (Å²) in [6, 6.07) is 13.0. The lowest BCUT2D eigenvalue weighted by atomic mass is 10.1. The predicted molar refractivity (Wildman–Crippen MR) is 86.2 cm³/mol. The molecule has 2 aromatic rings. The van der Waals surface area contributed by atoms with Crippen LogP contribution in [-0.4, -0.2) is 31.0 Å². The number of benzene rings is 1. The molecule has 0 saturated carbocycles. The molecule has 0 amide bonds. The summed E-state index contributed by atoms with van der Waals surface area (Å²) < 4.78 is 40.1. The first-order valence-corrected chi connectivity index (χ1v) is 7.75. The van der Waals surface area contributed by atoms with Gasteiger partial charge in [0.25, 0.3) is 0 Å². The fourth-order valence-corrected chi connectivity index (χ4v) is 2.80. The molecular weight excluding hydrogens is 319 g/mol. The Balaban J connectivity index is 1.48. The van der Waals surface area contributed by atoms with Crippen molar-refractivity contribution >= 4 is 11.5 Å². The molecule has 1 aliphatic rings. The molecule has 1 aromatic heterocycles. The van der Waals surface area contributed by atoms with Crippen molar-refractivity contribution in [1.82, 2.24) is 4.98 Å². The van der Waals surface area contributed by atoms with E-state index in [9.17, 15) is 13.2 Å². The van der Waals surface area contributed by atoms with Crippen LogP contribution in [0.1, 0.15) is 6.42 Å². The highest BCUT2D eigenvalue weighted by molar-refractivity contribution is 5.47. The van der Waals surface area contributed by atoms with Gasteiger partial charge in [-0.15, -0.1) is 13.2 Å². The Bertz CT molecular complexity index is 646. The third-order valence-electron chi connectivity index (χ3n) is 3.95. The first-order valence-electron chi connectivity index (χ1n) is 7.75. The van der Waals surface area contributed by atoms with E-state index >= 15 is 0 Å². The smallest absolute Gasteiger partial charge is 0.404 e. The van der Waals surface area contributed by atoms with Crippen LogP contribution >= 0.6 is 0 Å². The highest BCUT2D eigenvalue weighted by Gasteiger charge is 2.31. The highest BCUT2D eigenvalue weighted by atomic mass is 19.4. The van der Waals surface area contributed by atoms with E-state index < -0.39 is 6.36 Å². The van der Waals surface area contributed by atoms with E-state index in [0.717, 1.165) is 32.3 Å². The number of rotatable bonds is 5. The van der Waals surface area contributed by atoms with Gasteiger partial charge in [0.1, 0.15) is 11.6 Å². The fraction of sp³-hybridized carbons (Fsp3) is 0.353. The van der Waals surface area contributed by atoms with Crippen molar-refractivity contribution in [3.05, 3.63) is 48.7 Å². The minimum atomic E-state index is -4.69. The van der Waals surface area contributed by atoms with Gasteiger partial charge in [-0.05, 0) is 36.6 Å². The van der Waals surface area contributed by atoms with Gasteiger partial charge < -0.3 is 15.0 Å². The van der Waals surface area contributed by atoms with Gasteiger partial charge in [-0.2, -0.15) is 0 Å². The third-order valence-corrected chi connectivity index (χ3v) is 3.95. The van der Waals surface area contributed by atoms with Gasteiger partial charge in [-0.1, -0.05) is 18.2 Å². The molecule has 0 spiro atoms. The number of pyridine rings is 1. The molecule has 0 radical (unpaired) electrons. The average Bonchev–Trinajstić information content (AvgIpc) is 3.03. The van der Waals surface area contributed by atoms with Gasteiger partial charge >= 0.3 is 6.36 Å². The maximum atomic E-state index is 12.1. The number of hydrogen-bond donors (Lipinski definition) is 1. The molecule has 1 atom stereocenters. The number of halogens is 3. The van der Waals surface area contributed by atoms with Crippen LogP contribution in [0.3, 0.4) is 0 Å². The second kappa shape index (κ2) is 6.98. The Hall–Kier alpha value is -2.44. The summed E-state index contributed by atoms with van der Waals surface area (Å²) in [5, 5.41) is 3.17. The van der Waals surface area contributed by atoms with E-state index in [2.05, 4.69) is 32.1 Å². The van der Waals surface area contributed by atoms with E-state index in [1.54, 1.807) is 0 Å². The fourth-order valence-electron chi connectivity index (χ4n) is 2.80. The first-order chi connectivity index (χ1) is 11.5. The Morgan fingerprint density at radius 3 is 2.62 bits per heavy atom. The van der Waals surface area contributed by atoms with Crippen molar-refractivity contribution < 1.29 is 17.9 Å². The summed E-state index contributed by atoms with van der Waals surface area (Å²) in [5.74, 6) is 0.699. The molecule has 24 heavy (non-hydrogen) atoms. The van der Waals surface area contributed by atoms with E-state index in [4.69, 9.17) is 0 Å². The average molecular weight is 337 g/mol. The normalized spacial score (nSPS) is 17.8. The number of nitrogens with zero attached hydrogens (tertiary/aromatic N) is 2. The molecule has 1 aromatic carbocycles. The van der Waals surface area contributed by atoms with Crippen molar-refractivity contribution in [3.63, 3.8) is 0 Å². The summed E-state index contributed by atoms with van der Waals surface area (Å²) in [4.78, 5) is 6.28. The summed E-state index contributed by atoms with van der Waals surface area (Å²) >= 11 is 0. The molecule has 2 heterocycles. The van der Waals surface area contributed by atoms with Gasteiger partial charge in [0.15, 0.2) is 0 Å². The Kier molecular flexibility index (Phi) is 4.78. The van der Waals surface area contributed by atoms with Crippen LogP contribution in [0.5, 0.6) is 5.75 Å². The zero-order valence-corrected chi connectivity index (χ0v) is 13.0. The number of aromatic nitrogens is 1. The highest BCUT2D eigenvalue weighted by Crippen LogP contribution is 2.25. The largest absolute Gasteiger partial charge is 0.573 e. The van der Waals surface area contributed by atoms with Crippen LogP contribution in [-0.2, 0) is 0 Å². The third kappa shape index (κ3) is 4.53. The molecule has 1 unspecified atom stereocenters. The molecule has 1 fully saturated rings. The number of alkyl halides is 3. The second-order valence-corrected chi connectivity index (χ2v) is 5.74. The quantitative estimate of drug-likeness (QED) is 0.897. The number of anilines is 2. The zero-order valence-electron chi connectivity index (χ0n) is 13.0. The minimum absolute atomic E-state index is 0.316. The molecule has 1 N–H and O–H groups in total. The summed E-state index contributed by atoms with van der Waals surface area (Å²) in [6.07, 6.45) is -2.56. The second-order valence-electron chi connectivity index (χ2n) is 5.74. The molecule has 7 heteroatoms. The van der Waals surface area contributed by atoms with Gasteiger partial charge in [0.05, 0.1) is 6.20 Å². The lowest BCUT2D eigenvalue weighted by molar-refractivity contribution is -0.274. The SMILES string of the molecule is FC(F)(F)Oc1ccc(NCC2CCN(c3ccccc3)C2)nc1. The first kappa shape index (κ1) is 16.4. The molecule has 3 rings (SSSR count). The van der Waals surface area contributed by atoms with Gasteiger partial charge in [0.2, 0.25) is 0 Å². The van der Waals surface area contributed by atoms with E-state index in [-0.39, 0.29) is 5.75 Å². The molecular formula is C17H18F3N3O. The minimum Gasteiger partial charge on any atom is -0.404 e. The number of nitrogens with one attached hydrogen (secondary N) is 1. The molecule has 0 bridgehead atoms. The van der Waals surface area contributed by atoms with E-state index in [1.165, 1.54) is 17.8 Å². The standard InChI is InChI=1S/C17H18F3N3O/c18-17(19,20)24-15-6-7-16(22-11-15)21-10-13-8-9-23(12-13)14-4-2-1-3-5-14/h1-7,11,13H,8-10,12H2,(H,21,22). The van der Waals surface area contributed by atoms with Crippen LogP contribution < -0.4 is 15.0 Å². The zero-order chi connectivity index (χ0) is 17.0. The predicted octanol–water partition coefficient (Wildman–Crippen LogP) is 3.92. The van der Waals surface area contributed by atoms with Gasteiger partial charge in [-0.25, -0.2) is 4.98 Å². The van der Waals surface area contributed by atoms with Gasteiger partial charge in [0, 0.05) is 25.3 Å². The summed E-state index contributed by atoms with van der Waals surface area (Å²) in [7, 11) is 0. The van der Waals surface area contributed by atoms with Crippen molar-refractivity contribution in [3.8, 4) is 5.75 Å². The Morgan fingerprint density at radius 2 is 1.96 bits per heavy atom. The maximum Gasteiger partial charge on any atom is 0.573 e. The van der Waals surface area contributed by atoms with Crippen LogP contribution in [0, 0.1) is 5.92 Å². The van der Waals surface area contributed by atoms with Crippen LogP contribution in [0.2, 0.25) is 0 Å². The molecule has 1 aliphatic heterocycles. The lowest BCUT2D eigenvalue weighted by Gasteiger charge is -2.18. The summed E-state index contributed by atoms with van der Waals surface area (Å²) in [5.41, 5.74) is 1.21. The summed E-state index contributed by atoms with van der Waals surface area (Å²) in [6.45, 7) is 2.68. The number of hydrogen-bond acceptors (Lipinski definition) is 4. The maximum absolute atomic E-state index is 12.1. The van der Waals surface area contributed by atoms with Crippen molar-refractivity contribution in [1.29, 1.82) is 0 Å². The van der Waals surface area contributed by atoms with Gasteiger partial charge in [-0.3, -0.25) is 0 Å². The van der Waals surface area contributed by atoms with Crippen LogP contribution in [0.15, 0.2) is 48.7 Å². The molecule has 1 saturated heterocycles. The van der Waals surface area contributed by atoms with Crippen LogP contribution in [0.25, 0.3) is 0 Å². The Labute approximate surface area is 138 Å². The topological polar surface area (TPSA) is 37.4 Å². The molecule has 4 nitrogen and oxygen atoms in total. The van der Waals surface area contributed by atoms with E-state index in [1.807, 2.05) is 18.2 Å². The van der Waals surface area contributed by atoms with Crippen LogP contribution in [0.4, 0.5) is 24.7 Å². The number of para-hydroxylation sites is 1. The molecule has 0 aliphatic carbocycles. The van der Waals surface area contributed by atoms with E-state index in [0.29, 0.717) is 11.7 Å². The van der Waals surface area contributed by atoms with Crippen molar-refractivity contribution in [2.75, 3.05) is 29.9 Å². The Morgan fingerprint density at radius 1 is 1.17 bits per heavy atom. The van der Waals surface area contributed by atoms with Crippen molar-refractivity contribution in [2.45, 2.75) is 12.8 Å². The lowest BCUT2D eigenvalue weighted by Crippen LogP contribution is -2.22. The van der Waals surface area contributed by atoms with Crippen molar-refractivity contribution in [2.24, 2.45) is 5.92 Å².